The minimum absolute atomic E-state index is 0.0767. The van der Waals surface area contributed by atoms with Crippen molar-refractivity contribution in [1.29, 1.82) is 0 Å². The maximum Gasteiger partial charge on any atom is 0.306 e. The molecule has 1 unspecified atom stereocenters. The summed E-state index contributed by atoms with van der Waals surface area (Å²) in [5.74, 6) is 0.213. The number of ether oxygens (including phenoxy) is 1. The molecule has 0 aliphatic carbocycles. The van der Waals surface area contributed by atoms with Crippen LogP contribution in [0.25, 0.3) is 0 Å². The number of esters is 1. The molecule has 1 atom stereocenters. The van der Waals surface area contributed by atoms with E-state index in [2.05, 4.69) is 20.8 Å². The molecule has 1 aromatic carbocycles. The molecule has 0 fully saturated rings. The summed E-state index contributed by atoms with van der Waals surface area (Å²) in [6.45, 7) is 10.1. The lowest BCUT2D eigenvalue weighted by molar-refractivity contribution is -0.140. The molecule has 1 rings (SSSR count). The molecule has 0 aliphatic rings. The molecule has 1 aromatic rings. The first kappa shape index (κ1) is 15.5. The molecular weight excluding hydrogens is 240 g/mol. The van der Waals surface area contributed by atoms with E-state index in [4.69, 9.17) is 4.74 Å². The Morgan fingerprint density at radius 2 is 1.95 bits per heavy atom. The SMILES string of the molecule is COC(=O)CC(C)c1cc(C)c(O)c(C(C)(C)C)c1. The molecule has 0 saturated carbocycles. The third-order valence-corrected chi connectivity index (χ3v) is 3.40. The highest BCUT2D eigenvalue weighted by molar-refractivity contribution is 5.70. The summed E-state index contributed by atoms with van der Waals surface area (Å²) >= 11 is 0. The van der Waals surface area contributed by atoms with E-state index in [1.165, 1.54) is 7.11 Å². The Morgan fingerprint density at radius 1 is 1.37 bits per heavy atom. The van der Waals surface area contributed by atoms with Crippen LogP contribution in [0.4, 0.5) is 0 Å². The van der Waals surface area contributed by atoms with Gasteiger partial charge in [0.1, 0.15) is 5.75 Å². The summed E-state index contributed by atoms with van der Waals surface area (Å²) in [6.07, 6.45) is 0.351. The van der Waals surface area contributed by atoms with E-state index in [0.717, 1.165) is 16.7 Å². The quantitative estimate of drug-likeness (QED) is 0.847. The molecule has 3 nitrogen and oxygen atoms in total. The number of hydrogen-bond acceptors (Lipinski definition) is 3. The third kappa shape index (κ3) is 3.72. The van der Waals surface area contributed by atoms with Gasteiger partial charge in [-0.2, -0.15) is 0 Å². The zero-order valence-corrected chi connectivity index (χ0v) is 12.7. The van der Waals surface area contributed by atoms with Crippen molar-refractivity contribution in [3.8, 4) is 5.75 Å². The first-order valence-corrected chi connectivity index (χ1v) is 6.57. The number of rotatable bonds is 3. The second kappa shape index (κ2) is 5.64. The number of carbonyl (C=O) groups is 1. The summed E-state index contributed by atoms with van der Waals surface area (Å²) in [7, 11) is 1.40. The lowest BCUT2D eigenvalue weighted by Gasteiger charge is -2.24. The van der Waals surface area contributed by atoms with Crippen LogP contribution in [0.1, 0.15) is 56.7 Å². The van der Waals surface area contributed by atoms with Crippen molar-refractivity contribution in [2.24, 2.45) is 0 Å². The van der Waals surface area contributed by atoms with Gasteiger partial charge in [-0.1, -0.05) is 39.8 Å². The fourth-order valence-corrected chi connectivity index (χ4v) is 2.11. The maximum atomic E-state index is 11.4. The van der Waals surface area contributed by atoms with Gasteiger partial charge >= 0.3 is 5.97 Å². The van der Waals surface area contributed by atoms with Crippen LogP contribution in [0, 0.1) is 6.92 Å². The first-order chi connectivity index (χ1) is 8.66. The molecule has 0 spiro atoms. The smallest absolute Gasteiger partial charge is 0.306 e. The van der Waals surface area contributed by atoms with Gasteiger partial charge in [-0.3, -0.25) is 4.79 Å². The molecule has 0 saturated heterocycles. The monoisotopic (exact) mass is 264 g/mol. The van der Waals surface area contributed by atoms with Gasteiger partial charge in [0.2, 0.25) is 0 Å². The lowest BCUT2D eigenvalue weighted by Crippen LogP contribution is -2.14. The average Bonchev–Trinajstić information content (AvgIpc) is 2.30. The molecule has 0 radical (unpaired) electrons. The summed E-state index contributed by atoms with van der Waals surface area (Å²) in [4.78, 5) is 11.4. The lowest BCUT2D eigenvalue weighted by atomic mass is 9.82. The fourth-order valence-electron chi connectivity index (χ4n) is 2.11. The summed E-state index contributed by atoms with van der Waals surface area (Å²) < 4.78 is 4.71. The predicted molar refractivity (Wildman–Crippen MR) is 76.6 cm³/mol. The summed E-state index contributed by atoms with van der Waals surface area (Å²) in [5, 5.41) is 10.2. The second-order valence-corrected chi connectivity index (χ2v) is 6.17. The Hall–Kier alpha value is -1.51. The summed E-state index contributed by atoms with van der Waals surface area (Å²) in [6, 6.07) is 3.94. The van der Waals surface area contributed by atoms with Crippen LogP contribution in [0.2, 0.25) is 0 Å². The number of aryl methyl sites for hydroxylation is 1. The van der Waals surface area contributed by atoms with E-state index < -0.39 is 0 Å². The van der Waals surface area contributed by atoms with E-state index in [0.29, 0.717) is 12.2 Å². The van der Waals surface area contributed by atoms with Crippen LogP contribution >= 0.6 is 0 Å². The van der Waals surface area contributed by atoms with E-state index in [1.54, 1.807) is 0 Å². The van der Waals surface area contributed by atoms with Crippen LogP contribution in [0.15, 0.2) is 12.1 Å². The minimum Gasteiger partial charge on any atom is -0.507 e. The van der Waals surface area contributed by atoms with E-state index in [9.17, 15) is 9.90 Å². The molecule has 19 heavy (non-hydrogen) atoms. The standard InChI is InChI=1S/C16H24O3/c1-10(8-14(17)19-6)12-7-11(2)15(18)13(9-12)16(3,4)5/h7,9-10,18H,8H2,1-6H3. The van der Waals surface area contributed by atoms with E-state index in [-0.39, 0.29) is 17.3 Å². The minimum atomic E-state index is -0.212. The number of aromatic hydroxyl groups is 1. The molecule has 0 aliphatic heterocycles. The van der Waals surface area contributed by atoms with Crippen molar-refractivity contribution in [2.45, 2.75) is 52.4 Å². The van der Waals surface area contributed by atoms with Crippen molar-refractivity contribution < 1.29 is 14.6 Å². The first-order valence-electron chi connectivity index (χ1n) is 6.57. The molecule has 0 amide bonds. The molecule has 0 heterocycles. The normalized spacial score (nSPS) is 13.2. The maximum absolute atomic E-state index is 11.4. The van der Waals surface area contributed by atoms with Crippen molar-refractivity contribution in [3.63, 3.8) is 0 Å². The van der Waals surface area contributed by atoms with Gasteiger partial charge in [0.15, 0.2) is 0 Å². The van der Waals surface area contributed by atoms with Crippen LogP contribution in [0.5, 0.6) is 5.75 Å². The van der Waals surface area contributed by atoms with Gasteiger partial charge < -0.3 is 9.84 Å². The highest BCUT2D eigenvalue weighted by Gasteiger charge is 2.22. The Labute approximate surface area is 115 Å². The number of benzene rings is 1. The topological polar surface area (TPSA) is 46.5 Å². The molecule has 1 N–H and O–H groups in total. The van der Waals surface area contributed by atoms with Crippen molar-refractivity contribution >= 4 is 5.97 Å². The molecule has 106 valence electrons. The zero-order valence-electron chi connectivity index (χ0n) is 12.7. The van der Waals surface area contributed by atoms with Crippen molar-refractivity contribution in [3.05, 3.63) is 28.8 Å². The fraction of sp³-hybridized carbons (Fsp3) is 0.562. The van der Waals surface area contributed by atoms with Gasteiger partial charge in [0.05, 0.1) is 13.5 Å². The van der Waals surface area contributed by atoms with Gasteiger partial charge in [0, 0.05) is 0 Å². The van der Waals surface area contributed by atoms with Gasteiger partial charge in [-0.05, 0) is 34.9 Å². The van der Waals surface area contributed by atoms with Crippen LogP contribution in [-0.4, -0.2) is 18.2 Å². The van der Waals surface area contributed by atoms with Crippen LogP contribution in [0.3, 0.4) is 0 Å². The van der Waals surface area contributed by atoms with E-state index >= 15 is 0 Å². The highest BCUT2D eigenvalue weighted by atomic mass is 16.5. The van der Waals surface area contributed by atoms with Crippen molar-refractivity contribution in [1.82, 2.24) is 0 Å². The zero-order chi connectivity index (χ0) is 14.8. The Morgan fingerprint density at radius 3 is 2.42 bits per heavy atom. The third-order valence-electron chi connectivity index (χ3n) is 3.40. The van der Waals surface area contributed by atoms with E-state index in [1.807, 2.05) is 26.0 Å². The van der Waals surface area contributed by atoms with Gasteiger partial charge in [0.25, 0.3) is 0 Å². The van der Waals surface area contributed by atoms with Gasteiger partial charge in [-0.25, -0.2) is 0 Å². The number of carbonyl (C=O) groups excluding carboxylic acids is 1. The van der Waals surface area contributed by atoms with Gasteiger partial charge in [-0.15, -0.1) is 0 Å². The van der Waals surface area contributed by atoms with Crippen LogP contribution < -0.4 is 0 Å². The molecule has 3 heteroatoms. The number of methoxy groups -OCH3 is 1. The number of hydrogen-bond donors (Lipinski definition) is 1. The molecular formula is C16H24O3. The molecule has 0 bridgehead atoms. The Kier molecular flexibility index (Phi) is 4.61. The summed E-state index contributed by atoms with van der Waals surface area (Å²) in [5.41, 5.74) is 2.69. The average molecular weight is 264 g/mol. The predicted octanol–water partition coefficient (Wildman–Crippen LogP) is 3.66. The number of phenolic OH excluding ortho intramolecular Hbond substituents is 1. The molecule has 0 aromatic heterocycles. The second-order valence-electron chi connectivity index (χ2n) is 6.17. The highest BCUT2D eigenvalue weighted by Crippen LogP contribution is 2.36. The van der Waals surface area contributed by atoms with Crippen molar-refractivity contribution in [2.75, 3.05) is 7.11 Å². The number of phenols is 1. The Bertz CT molecular complexity index is 470. The largest absolute Gasteiger partial charge is 0.507 e. The Balaban J connectivity index is 3.17. The van der Waals surface area contributed by atoms with Crippen LogP contribution in [-0.2, 0) is 14.9 Å².